The molecule has 2 aromatic rings. The van der Waals surface area contributed by atoms with Gasteiger partial charge in [-0.25, -0.2) is 0 Å². The lowest BCUT2D eigenvalue weighted by molar-refractivity contribution is -0.138. The number of likely N-dealkylation sites (tertiary alicyclic amines) is 1. The number of piperidine rings is 2. The number of methoxy groups -OCH3 is 1. The fourth-order valence-electron chi connectivity index (χ4n) is 4.44. The van der Waals surface area contributed by atoms with E-state index in [-0.39, 0.29) is 11.3 Å². The van der Waals surface area contributed by atoms with Crippen molar-refractivity contribution in [3.63, 3.8) is 0 Å². The molecule has 2 aliphatic rings. The van der Waals surface area contributed by atoms with Crippen molar-refractivity contribution in [2.45, 2.75) is 32.1 Å². The number of carbonyl (C=O) groups is 1. The van der Waals surface area contributed by atoms with Crippen molar-refractivity contribution in [2.75, 3.05) is 50.5 Å². The molecule has 1 spiro atoms. The molecule has 0 radical (unpaired) electrons. The summed E-state index contributed by atoms with van der Waals surface area (Å²) in [6.45, 7) is 4.10. The first-order chi connectivity index (χ1) is 13.1. The van der Waals surface area contributed by atoms with Crippen molar-refractivity contribution in [3.05, 3.63) is 12.4 Å². The Morgan fingerprint density at radius 3 is 3.07 bits per heavy atom. The normalized spacial score (nSPS) is 23.5. The molecule has 2 aromatic heterocycles. The summed E-state index contributed by atoms with van der Waals surface area (Å²) in [5.41, 5.74) is 6.89. The predicted molar refractivity (Wildman–Crippen MR) is 101 cm³/mol. The van der Waals surface area contributed by atoms with Gasteiger partial charge in [0.1, 0.15) is 12.1 Å². The van der Waals surface area contributed by atoms with Crippen LogP contribution in [0.25, 0.3) is 5.65 Å². The number of aromatic nitrogens is 4. The highest BCUT2D eigenvalue weighted by Crippen LogP contribution is 2.40. The van der Waals surface area contributed by atoms with Crippen LogP contribution >= 0.6 is 0 Å². The van der Waals surface area contributed by atoms with Crippen molar-refractivity contribution in [1.82, 2.24) is 24.5 Å². The molecule has 2 fully saturated rings. The van der Waals surface area contributed by atoms with Crippen molar-refractivity contribution in [3.8, 4) is 0 Å². The third-order valence-corrected chi connectivity index (χ3v) is 5.82. The monoisotopic (exact) mass is 373 g/mol. The van der Waals surface area contributed by atoms with Gasteiger partial charge in [-0.05, 0) is 25.7 Å². The first-order valence-corrected chi connectivity index (χ1v) is 9.58. The highest BCUT2D eigenvalue weighted by molar-refractivity contribution is 5.77. The molecule has 0 aliphatic carbocycles. The van der Waals surface area contributed by atoms with Gasteiger partial charge in [0, 0.05) is 57.8 Å². The van der Waals surface area contributed by atoms with E-state index >= 15 is 0 Å². The number of ether oxygens (including phenoxy) is 1. The quantitative estimate of drug-likeness (QED) is 0.779. The molecule has 4 heterocycles. The molecular weight excluding hydrogens is 346 g/mol. The summed E-state index contributed by atoms with van der Waals surface area (Å²) in [5.74, 6) is 1.50. The lowest BCUT2D eigenvalue weighted by Crippen LogP contribution is -2.54. The highest BCUT2D eigenvalue weighted by Gasteiger charge is 2.42. The van der Waals surface area contributed by atoms with Crippen molar-refractivity contribution in [1.29, 1.82) is 0 Å². The fourth-order valence-corrected chi connectivity index (χ4v) is 4.44. The second kappa shape index (κ2) is 7.30. The number of nitrogens with two attached hydrogens (primary N) is 1. The van der Waals surface area contributed by atoms with Crippen LogP contribution in [-0.4, -0.2) is 70.3 Å². The average molecular weight is 373 g/mol. The van der Waals surface area contributed by atoms with Crippen molar-refractivity contribution >= 4 is 23.3 Å². The summed E-state index contributed by atoms with van der Waals surface area (Å²) in [6.07, 6.45) is 6.23. The maximum Gasteiger partial charge on any atom is 0.222 e. The van der Waals surface area contributed by atoms with Gasteiger partial charge in [-0.3, -0.25) is 9.20 Å². The maximum absolute atomic E-state index is 12.4. The third kappa shape index (κ3) is 3.55. The number of amides is 1. The molecule has 4 rings (SSSR count). The van der Waals surface area contributed by atoms with Gasteiger partial charge in [-0.2, -0.15) is 4.98 Å². The van der Waals surface area contributed by atoms with E-state index in [4.69, 9.17) is 10.5 Å². The number of anilines is 2. The van der Waals surface area contributed by atoms with Gasteiger partial charge in [0.2, 0.25) is 11.9 Å². The Labute approximate surface area is 158 Å². The maximum atomic E-state index is 12.4. The summed E-state index contributed by atoms with van der Waals surface area (Å²) in [7, 11) is 1.70. The fraction of sp³-hybridized carbons (Fsp3) is 0.667. The van der Waals surface area contributed by atoms with Crippen molar-refractivity contribution in [2.24, 2.45) is 5.41 Å². The average Bonchev–Trinajstić information content (AvgIpc) is 3.14. The molecule has 0 unspecified atom stereocenters. The molecule has 2 N–H and O–H groups in total. The van der Waals surface area contributed by atoms with Crippen LogP contribution in [0.15, 0.2) is 12.4 Å². The molecule has 0 aromatic carbocycles. The minimum absolute atomic E-state index is 0.121. The van der Waals surface area contributed by atoms with Gasteiger partial charge in [-0.15, -0.1) is 10.2 Å². The van der Waals surface area contributed by atoms with Crippen LogP contribution in [0.5, 0.6) is 0 Å². The van der Waals surface area contributed by atoms with Crippen LogP contribution in [0.3, 0.4) is 0 Å². The number of rotatable bonds is 5. The number of fused-ring (bicyclic) bond motifs is 1. The Morgan fingerprint density at radius 1 is 1.33 bits per heavy atom. The number of nitrogens with zero attached hydrogens (tertiary/aromatic N) is 6. The van der Waals surface area contributed by atoms with Crippen LogP contribution in [-0.2, 0) is 9.53 Å². The van der Waals surface area contributed by atoms with Crippen LogP contribution in [0, 0.1) is 5.41 Å². The van der Waals surface area contributed by atoms with E-state index in [0.29, 0.717) is 24.6 Å². The molecule has 9 nitrogen and oxygen atoms in total. The van der Waals surface area contributed by atoms with E-state index in [9.17, 15) is 4.79 Å². The zero-order chi connectivity index (χ0) is 18.9. The Bertz CT molecular complexity index is 823. The lowest BCUT2D eigenvalue weighted by atomic mass is 9.73. The van der Waals surface area contributed by atoms with Gasteiger partial charge in [-0.1, -0.05) is 0 Å². The minimum Gasteiger partial charge on any atom is -0.385 e. The second-order valence-corrected chi connectivity index (χ2v) is 7.72. The minimum atomic E-state index is 0.121. The molecular formula is C18H27N7O2. The zero-order valence-corrected chi connectivity index (χ0v) is 15.8. The molecule has 146 valence electrons. The van der Waals surface area contributed by atoms with E-state index in [1.165, 1.54) is 0 Å². The molecule has 9 heteroatoms. The number of carbonyl (C=O) groups excluding carboxylic acids is 1. The SMILES string of the molecule is COCCCN1C[C@@]2(CCCN(c3cc4nncn4c(N)n3)C2)CCC1=O. The van der Waals surface area contributed by atoms with Gasteiger partial charge >= 0.3 is 0 Å². The zero-order valence-electron chi connectivity index (χ0n) is 15.8. The molecule has 1 amide bonds. The van der Waals surface area contributed by atoms with Gasteiger partial charge in [0.05, 0.1) is 0 Å². The first kappa shape index (κ1) is 18.0. The van der Waals surface area contributed by atoms with Gasteiger partial charge in [0.25, 0.3) is 0 Å². The molecule has 2 aliphatic heterocycles. The number of hydrogen-bond acceptors (Lipinski definition) is 7. The van der Waals surface area contributed by atoms with Crippen LogP contribution in [0.2, 0.25) is 0 Å². The Kier molecular flexibility index (Phi) is 4.86. The molecule has 0 bridgehead atoms. The summed E-state index contributed by atoms with van der Waals surface area (Å²) in [6, 6.07) is 1.94. The third-order valence-electron chi connectivity index (χ3n) is 5.82. The van der Waals surface area contributed by atoms with E-state index < -0.39 is 0 Å². The smallest absolute Gasteiger partial charge is 0.222 e. The van der Waals surface area contributed by atoms with E-state index in [1.807, 2.05) is 11.0 Å². The van der Waals surface area contributed by atoms with Crippen LogP contribution in [0.4, 0.5) is 11.8 Å². The topological polar surface area (TPSA) is 102 Å². The standard InChI is InChI=1S/C18H27N7O2/c1-27-9-3-8-24-12-18(6-4-16(24)26)5-2-7-23(11-18)14-10-15-22-20-13-25(15)17(19)21-14/h10,13H,2-9,11-12H2,1H3,(H2,19,21)/t18-/m0/s1. The number of hydrogen-bond donors (Lipinski definition) is 1. The van der Waals surface area contributed by atoms with Crippen molar-refractivity contribution < 1.29 is 9.53 Å². The summed E-state index contributed by atoms with van der Waals surface area (Å²) < 4.78 is 6.82. The second-order valence-electron chi connectivity index (χ2n) is 7.72. The van der Waals surface area contributed by atoms with Gasteiger partial charge in [0.15, 0.2) is 5.65 Å². The summed E-state index contributed by atoms with van der Waals surface area (Å²) in [4.78, 5) is 21.2. The Morgan fingerprint density at radius 2 is 2.22 bits per heavy atom. The molecule has 2 saturated heterocycles. The number of nitrogen functional groups attached to an aromatic ring is 1. The highest BCUT2D eigenvalue weighted by atomic mass is 16.5. The van der Waals surface area contributed by atoms with E-state index in [1.54, 1.807) is 17.8 Å². The molecule has 0 saturated carbocycles. The summed E-state index contributed by atoms with van der Waals surface area (Å²) >= 11 is 0. The predicted octanol–water partition coefficient (Wildman–Crippen LogP) is 0.952. The van der Waals surface area contributed by atoms with Crippen LogP contribution < -0.4 is 10.6 Å². The van der Waals surface area contributed by atoms with Crippen LogP contribution in [0.1, 0.15) is 32.1 Å². The lowest BCUT2D eigenvalue weighted by Gasteiger charge is -2.48. The Hall–Kier alpha value is -2.42. The summed E-state index contributed by atoms with van der Waals surface area (Å²) in [5, 5.41) is 8.01. The largest absolute Gasteiger partial charge is 0.385 e. The van der Waals surface area contributed by atoms with E-state index in [0.717, 1.165) is 57.7 Å². The molecule has 27 heavy (non-hydrogen) atoms. The molecule has 1 atom stereocenters. The van der Waals surface area contributed by atoms with E-state index in [2.05, 4.69) is 20.1 Å². The van der Waals surface area contributed by atoms with Gasteiger partial charge < -0.3 is 20.3 Å². The Balaban J connectivity index is 1.51. The first-order valence-electron chi connectivity index (χ1n) is 9.58.